The van der Waals surface area contributed by atoms with E-state index in [1.807, 2.05) is 0 Å². The number of nitrogens with one attached hydrogen (secondary N) is 2. The molecule has 0 aliphatic carbocycles. The number of alkyl halides is 4. The highest BCUT2D eigenvalue weighted by molar-refractivity contribution is 6.30. The number of anilines is 1. The van der Waals surface area contributed by atoms with Crippen LogP contribution in [0.1, 0.15) is 12.0 Å². The maximum Gasteiger partial charge on any atom is 0.423 e. The number of H-pyrrole nitrogens is 1. The number of hydrogen-bond acceptors (Lipinski definition) is 7. The van der Waals surface area contributed by atoms with E-state index in [2.05, 4.69) is 20.4 Å². The zero-order valence-corrected chi connectivity index (χ0v) is 19.9. The van der Waals surface area contributed by atoms with E-state index in [-0.39, 0.29) is 21.8 Å². The fourth-order valence-corrected chi connectivity index (χ4v) is 3.95. The zero-order chi connectivity index (χ0) is 27.6. The molecule has 2 atom stereocenters. The minimum Gasteiger partial charge on any atom is -0.394 e. The number of nitrogens with zero attached hydrogens (tertiary/aromatic N) is 4. The Morgan fingerprint density at radius 3 is 2.53 bits per heavy atom. The van der Waals surface area contributed by atoms with Crippen LogP contribution in [0.3, 0.4) is 0 Å². The third-order valence-electron chi connectivity index (χ3n) is 5.58. The molecule has 4 rings (SSSR count). The Balaban J connectivity index is 1.54. The van der Waals surface area contributed by atoms with Crippen LogP contribution in [0.4, 0.5) is 27.6 Å². The smallest absolute Gasteiger partial charge is 0.394 e. The van der Waals surface area contributed by atoms with Crippen molar-refractivity contribution in [1.29, 1.82) is 0 Å². The molecule has 200 valence electrons. The first kappa shape index (κ1) is 27.1. The molecule has 9 nitrogen and oxygen atoms in total. The van der Waals surface area contributed by atoms with Crippen LogP contribution in [0.15, 0.2) is 52.6 Å². The summed E-state index contributed by atoms with van der Waals surface area (Å²) in [6, 6.07) is 2.56. The topological polar surface area (TPSA) is 126 Å². The van der Waals surface area contributed by atoms with Gasteiger partial charge in [0.1, 0.15) is 17.6 Å². The van der Waals surface area contributed by atoms with E-state index in [0.29, 0.717) is 11.6 Å². The summed E-state index contributed by atoms with van der Waals surface area (Å²) >= 11 is 5.75. The van der Waals surface area contributed by atoms with Crippen molar-refractivity contribution in [3.05, 3.63) is 80.1 Å². The second kappa shape index (κ2) is 10.8. The largest absolute Gasteiger partial charge is 0.423 e. The lowest BCUT2D eigenvalue weighted by Crippen LogP contribution is -2.33. The molecular formula is C23H18ClF5N6O3. The Hall–Kier alpha value is -3.91. The zero-order valence-electron chi connectivity index (χ0n) is 19.1. The fourth-order valence-electron chi connectivity index (χ4n) is 3.86. The summed E-state index contributed by atoms with van der Waals surface area (Å²) in [7, 11) is 0. The van der Waals surface area contributed by atoms with Crippen molar-refractivity contribution in [3.8, 4) is 11.4 Å². The number of benzene rings is 1. The summed E-state index contributed by atoms with van der Waals surface area (Å²) in [5.41, 5.74) is -4.49. The van der Waals surface area contributed by atoms with Crippen LogP contribution in [0.5, 0.6) is 0 Å². The lowest BCUT2D eigenvalue weighted by atomic mass is 10.1. The Morgan fingerprint density at radius 1 is 1.16 bits per heavy atom. The molecule has 0 amide bonds. The van der Waals surface area contributed by atoms with Crippen molar-refractivity contribution in [2.75, 3.05) is 11.9 Å². The number of aromatic amines is 1. The molecule has 0 fully saturated rings. The van der Waals surface area contributed by atoms with E-state index < -0.39 is 66.1 Å². The van der Waals surface area contributed by atoms with Gasteiger partial charge in [-0.1, -0.05) is 11.6 Å². The van der Waals surface area contributed by atoms with Gasteiger partial charge < -0.3 is 15.0 Å². The molecule has 3 heterocycles. The molecule has 1 aromatic carbocycles. The standard InChI is InChI=1S/C23H18ClF5N6O3/c24-12-6-30-20(31-7-12)16-3-11-1-2-35(22(38)15(11)5-17(16)26)9-13(25)4-14(10-36)33-18-8-32-34-21(37)19(18)23(27,28)29/h1-3,5-8,13-14,36H,4,9-10H2,(H2,33,34,37). The molecule has 0 saturated carbocycles. The third-order valence-corrected chi connectivity index (χ3v) is 5.78. The lowest BCUT2D eigenvalue weighted by Gasteiger charge is -2.22. The van der Waals surface area contributed by atoms with Crippen LogP contribution >= 0.6 is 11.6 Å². The van der Waals surface area contributed by atoms with Gasteiger partial charge in [0, 0.05) is 25.0 Å². The van der Waals surface area contributed by atoms with Gasteiger partial charge in [0.25, 0.3) is 11.1 Å². The lowest BCUT2D eigenvalue weighted by molar-refractivity contribution is -0.138. The van der Waals surface area contributed by atoms with Gasteiger partial charge in [0.15, 0.2) is 5.82 Å². The normalized spacial score (nSPS) is 13.4. The van der Waals surface area contributed by atoms with E-state index in [1.54, 1.807) is 5.10 Å². The number of hydrogen-bond donors (Lipinski definition) is 3. The molecule has 0 spiro atoms. The Labute approximate surface area is 214 Å². The van der Waals surface area contributed by atoms with Crippen LogP contribution in [0.2, 0.25) is 5.02 Å². The van der Waals surface area contributed by atoms with Crippen molar-refractivity contribution in [3.63, 3.8) is 0 Å². The van der Waals surface area contributed by atoms with Gasteiger partial charge in [-0.2, -0.15) is 18.3 Å². The molecule has 38 heavy (non-hydrogen) atoms. The Kier molecular flexibility index (Phi) is 7.73. The predicted octanol–water partition coefficient (Wildman–Crippen LogP) is 3.55. The van der Waals surface area contributed by atoms with E-state index in [4.69, 9.17) is 11.6 Å². The van der Waals surface area contributed by atoms with Crippen LogP contribution in [-0.4, -0.2) is 48.7 Å². The highest BCUT2D eigenvalue weighted by Gasteiger charge is 2.38. The van der Waals surface area contributed by atoms with Gasteiger partial charge in [0.2, 0.25) is 0 Å². The highest BCUT2D eigenvalue weighted by Crippen LogP contribution is 2.32. The molecule has 0 aliphatic heterocycles. The van der Waals surface area contributed by atoms with Crippen molar-refractivity contribution in [2.24, 2.45) is 0 Å². The quantitative estimate of drug-likeness (QED) is 0.283. The second-order valence-electron chi connectivity index (χ2n) is 8.26. The summed E-state index contributed by atoms with van der Waals surface area (Å²) in [4.78, 5) is 32.4. The summed E-state index contributed by atoms with van der Waals surface area (Å²) < 4.78 is 70.4. The number of pyridine rings is 1. The van der Waals surface area contributed by atoms with Crippen molar-refractivity contribution in [1.82, 2.24) is 24.7 Å². The molecular weight excluding hydrogens is 539 g/mol. The SMILES string of the molecule is O=c1[nH]ncc(NC(CO)CC(F)Cn2ccc3cc(-c4ncc(Cl)cn4)c(F)cc3c2=O)c1C(F)(F)F. The maximum absolute atomic E-state index is 14.9. The number of rotatable bonds is 8. The molecule has 0 radical (unpaired) electrons. The van der Waals surface area contributed by atoms with Crippen LogP contribution in [-0.2, 0) is 12.7 Å². The second-order valence-corrected chi connectivity index (χ2v) is 8.70. The molecule has 0 aliphatic rings. The van der Waals surface area contributed by atoms with Gasteiger partial charge in [-0.15, -0.1) is 0 Å². The number of fused-ring (bicyclic) bond motifs is 1. The van der Waals surface area contributed by atoms with Crippen molar-refractivity contribution < 1.29 is 27.1 Å². The van der Waals surface area contributed by atoms with Gasteiger partial charge in [-0.3, -0.25) is 9.59 Å². The average Bonchev–Trinajstić information content (AvgIpc) is 2.85. The Morgan fingerprint density at radius 2 is 1.87 bits per heavy atom. The fraction of sp³-hybridized carbons (Fsp3) is 0.261. The maximum atomic E-state index is 14.9. The third kappa shape index (κ3) is 5.81. The van der Waals surface area contributed by atoms with Gasteiger partial charge in [-0.25, -0.2) is 23.8 Å². The number of aliphatic hydroxyl groups excluding tert-OH is 1. The van der Waals surface area contributed by atoms with Gasteiger partial charge in [0.05, 0.1) is 47.1 Å². The first-order valence-electron chi connectivity index (χ1n) is 10.9. The average molecular weight is 557 g/mol. The minimum atomic E-state index is -5.03. The van der Waals surface area contributed by atoms with E-state index in [9.17, 15) is 36.6 Å². The molecule has 0 bridgehead atoms. The van der Waals surface area contributed by atoms with Gasteiger partial charge >= 0.3 is 6.18 Å². The van der Waals surface area contributed by atoms with Crippen LogP contribution in [0.25, 0.3) is 22.2 Å². The summed E-state index contributed by atoms with van der Waals surface area (Å²) in [5, 5.41) is 17.4. The molecule has 3 aromatic heterocycles. The highest BCUT2D eigenvalue weighted by atomic mass is 35.5. The minimum absolute atomic E-state index is 0.0269. The molecule has 2 unspecified atom stereocenters. The molecule has 3 N–H and O–H groups in total. The summed E-state index contributed by atoms with van der Waals surface area (Å²) in [5.74, 6) is -0.739. The van der Waals surface area contributed by atoms with E-state index in [0.717, 1.165) is 10.6 Å². The summed E-state index contributed by atoms with van der Waals surface area (Å²) in [6.07, 6.45) is -2.80. The molecule has 4 aromatic rings. The number of halogens is 6. The van der Waals surface area contributed by atoms with E-state index >= 15 is 0 Å². The number of aliphatic hydroxyl groups is 1. The first-order valence-corrected chi connectivity index (χ1v) is 11.3. The van der Waals surface area contributed by atoms with Crippen LogP contribution in [0, 0.1) is 5.82 Å². The van der Waals surface area contributed by atoms with Crippen molar-refractivity contribution >= 4 is 28.1 Å². The first-order chi connectivity index (χ1) is 18.0. The number of aromatic nitrogens is 5. The summed E-state index contributed by atoms with van der Waals surface area (Å²) in [6.45, 7) is -1.31. The molecule has 15 heteroatoms. The Bertz CT molecular complexity index is 1580. The monoisotopic (exact) mass is 556 g/mol. The predicted molar refractivity (Wildman–Crippen MR) is 128 cm³/mol. The van der Waals surface area contributed by atoms with Gasteiger partial charge in [-0.05, 0) is 23.6 Å². The van der Waals surface area contributed by atoms with Crippen molar-refractivity contribution in [2.45, 2.75) is 31.4 Å². The molecule has 0 saturated heterocycles. The van der Waals surface area contributed by atoms with Crippen LogP contribution < -0.4 is 16.4 Å². The van der Waals surface area contributed by atoms with E-state index in [1.165, 1.54) is 30.7 Å².